The van der Waals surface area contributed by atoms with E-state index in [0.717, 1.165) is 62.0 Å². The summed E-state index contributed by atoms with van der Waals surface area (Å²) in [6.07, 6.45) is 3.14. The first kappa shape index (κ1) is 23.3. The maximum Gasteiger partial charge on any atom is 0.404 e. The first-order valence-electron chi connectivity index (χ1n) is 11.5. The Morgan fingerprint density at radius 3 is 2.61 bits per heavy atom. The number of halogens is 1. The third-order valence-electron chi connectivity index (χ3n) is 6.25. The van der Waals surface area contributed by atoms with E-state index in [-0.39, 0.29) is 11.6 Å². The first-order chi connectivity index (χ1) is 16.0. The van der Waals surface area contributed by atoms with Gasteiger partial charge >= 0.3 is 6.09 Å². The minimum Gasteiger partial charge on any atom is -0.465 e. The Balaban J connectivity index is 1.54. The lowest BCUT2D eigenvalue weighted by atomic mass is 10.0. The molecule has 3 aromatic rings. The summed E-state index contributed by atoms with van der Waals surface area (Å²) in [6, 6.07) is 15.5. The van der Waals surface area contributed by atoms with E-state index in [1.165, 1.54) is 0 Å². The molecule has 1 atom stereocenters. The average Bonchev–Trinajstić information content (AvgIpc) is 3.05. The third-order valence-corrected chi connectivity index (χ3v) is 6.51. The molecule has 7 nitrogen and oxygen atoms in total. The average molecular weight is 469 g/mol. The van der Waals surface area contributed by atoms with E-state index in [2.05, 4.69) is 10.2 Å². The Kier molecular flexibility index (Phi) is 7.62. The van der Waals surface area contributed by atoms with Gasteiger partial charge in [-0.25, -0.2) is 9.48 Å². The Hall–Kier alpha value is -2.90. The fourth-order valence-electron chi connectivity index (χ4n) is 4.55. The highest BCUT2D eigenvalue weighted by molar-refractivity contribution is 6.30. The van der Waals surface area contributed by atoms with Gasteiger partial charge in [-0.05, 0) is 62.5 Å². The second kappa shape index (κ2) is 10.8. The molecule has 2 N–H and O–H groups in total. The van der Waals surface area contributed by atoms with Crippen molar-refractivity contribution in [3.8, 4) is 0 Å². The molecule has 2 aromatic carbocycles. The summed E-state index contributed by atoms with van der Waals surface area (Å²) in [5.74, 6) is 0. The number of fused-ring (bicyclic) bond motifs is 1. The molecule has 1 aliphatic heterocycles. The lowest BCUT2D eigenvalue weighted by molar-refractivity contribution is 0.193. The van der Waals surface area contributed by atoms with Gasteiger partial charge in [0.15, 0.2) is 0 Å². The van der Waals surface area contributed by atoms with Crippen molar-refractivity contribution < 1.29 is 9.90 Å². The van der Waals surface area contributed by atoms with E-state index >= 15 is 0 Å². The molecule has 1 amide bonds. The number of likely N-dealkylation sites (tertiary alicyclic amines) is 1. The highest BCUT2D eigenvalue weighted by atomic mass is 35.5. The van der Waals surface area contributed by atoms with Crippen LogP contribution in [0.3, 0.4) is 0 Å². The molecule has 33 heavy (non-hydrogen) atoms. The lowest BCUT2D eigenvalue weighted by Crippen LogP contribution is -2.31. The number of rotatable bonds is 7. The fourth-order valence-corrected chi connectivity index (χ4v) is 4.68. The molecule has 1 saturated heterocycles. The standard InChI is InChI=1S/C25H29ClN4O3/c26-19-10-8-18(9-11-19)17-23-21-6-1-2-7-22(21)24(31)30(28-23)20-5-3-14-29(16-12-20)15-4-13-27-25(32)33/h1-2,6-11,20,27H,3-5,12-17H2,(H,32,33). The molecular weight excluding hydrogens is 440 g/mol. The van der Waals surface area contributed by atoms with Gasteiger partial charge in [0.25, 0.3) is 5.56 Å². The summed E-state index contributed by atoms with van der Waals surface area (Å²) in [5, 5.41) is 18.3. The molecule has 1 fully saturated rings. The zero-order chi connectivity index (χ0) is 23.2. The summed E-state index contributed by atoms with van der Waals surface area (Å²) in [4.78, 5) is 26.3. The van der Waals surface area contributed by atoms with Crippen molar-refractivity contribution in [2.24, 2.45) is 0 Å². The molecule has 0 spiro atoms. The highest BCUT2D eigenvalue weighted by Crippen LogP contribution is 2.24. The van der Waals surface area contributed by atoms with Gasteiger partial charge in [-0.2, -0.15) is 5.10 Å². The Labute approximate surface area is 198 Å². The number of hydrogen-bond donors (Lipinski definition) is 2. The number of nitrogens with zero attached hydrogens (tertiary/aromatic N) is 3. The number of carboxylic acid groups (broad SMARTS) is 1. The summed E-state index contributed by atoms with van der Waals surface area (Å²) >= 11 is 6.04. The molecule has 0 bridgehead atoms. The number of nitrogens with one attached hydrogen (secondary N) is 1. The smallest absolute Gasteiger partial charge is 0.404 e. The van der Waals surface area contributed by atoms with Crippen LogP contribution in [0.1, 0.15) is 43.0 Å². The maximum absolute atomic E-state index is 13.4. The van der Waals surface area contributed by atoms with Gasteiger partial charge in [-0.15, -0.1) is 0 Å². The topological polar surface area (TPSA) is 87.5 Å². The Morgan fingerprint density at radius 1 is 1.09 bits per heavy atom. The molecule has 174 valence electrons. The second-order valence-electron chi connectivity index (χ2n) is 8.56. The molecular formula is C25H29ClN4O3. The highest BCUT2D eigenvalue weighted by Gasteiger charge is 2.22. The van der Waals surface area contributed by atoms with Crippen LogP contribution < -0.4 is 10.9 Å². The van der Waals surface area contributed by atoms with Crippen molar-refractivity contribution >= 4 is 28.5 Å². The van der Waals surface area contributed by atoms with E-state index in [0.29, 0.717) is 23.4 Å². The Bertz CT molecular complexity index is 1160. The predicted octanol–water partition coefficient (Wildman–Crippen LogP) is 4.33. The van der Waals surface area contributed by atoms with Gasteiger partial charge < -0.3 is 15.3 Å². The molecule has 2 heterocycles. The lowest BCUT2D eigenvalue weighted by Gasteiger charge is -2.21. The van der Waals surface area contributed by atoms with Crippen molar-refractivity contribution in [1.29, 1.82) is 0 Å². The zero-order valence-electron chi connectivity index (χ0n) is 18.5. The summed E-state index contributed by atoms with van der Waals surface area (Å²) < 4.78 is 1.71. The molecule has 0 radical (unpaired) electrons. The van der Waals surface area contributed by atoms with E-state index in [1.54, 1.807) is 4.68 Å². The van der Waals surface area contributed by atoms with Crippen LogP contribution in [-0.2, 0) is 6.42 Å². The number of benzene rings is 2. The van der Waals surface area contributed by atoms with Gasteiger partial charge in [0, 0.05) is 29.9 Å². The van der Waals surface area contributed by atoms with Crippen LogP contribution in [0.2, 0.25) is 5.02 Å². The molecule has 0 saturated carbocycles. The van der Waals surface area contributed by atoms with Crippen molar-refractivity contribution in [1.82, 2.24) is 20.0 Å². The van der Waals surface area contributed by atoms with Crippen LogP contribution in [0.25, 0.3) is 10.8 Å². The Morgan fingerprint density at radius 2 is 1.85 bits per heavy atom. The normalized spacial score (nSPS) is 17.1. The third kappa shape index (κ3) is 5.92. The van der Waals surface area contributed by atoms with Crippen LogP contribution in [0.5, 0.6) is 0 Å². The van der Waals surface area contributed by atoms with E-state index in [9.17, 15) is 9.59 Å². The van der Waals surface area contributed by atoms with Gasteiger partial charge in [0.2, 0.25) is 0 Å². The van der Waals surface area contributed by atoms with Gasteiger partial charge in [0.1, 0.15) is 0 Å². The molecule has 1 unspecified atom stereocenters. The number of aromatic nitrogens is 2. The van der Waals surface area contributed by atoms with Crippen LogP contribution in [-0.4, -0.2) is 52.1 Å². The number of hydrogen-bond acceptors (Lipinski definition) is 4. The molecule has 4 rings (SSSR count). The van der Waals surface area contributed by atoms with Gasteiger partial charge in [-0.3, -0.25) is 4.79 Å². The van der Waals surface area contributed by atoms with Crippen molar-refractivity contribution in [3.05, 3.63) is 75.2 Å². The van der Waals surface area contributed by atoms with Crippen LogP contribution in [0.4, 0.5) is 4.79 Å². The SMILES string of the molecule is O=C(O)NCCCN1CCCC(n2nc(Cc3ccc(Cl)cc3)c3ccccc3c2=O)CC1. The quantitative estimate of drug-likeness (QED) is 0.504. The van der Waals surface area contributed by atoms with E-state index < -0.39 is 6.09 Å². The van der Waals surface area contributed by atoms with Crippen LogP contribution in [0, 0.1) is 0 Å². The van der Waals surface area contributed by atoms with E-state index in [1.807, 2.05) is 48.5 Å². The molecule has 1 aliphatic rings. The summed E-state index contributed by atoms with van der Waals surface area (Å²) in [5.41, 5.74) is 1.96. The first-order valence-corrected chi connectivity index (χ1v) is 11.8. The minimum absolute atomic E-state index is 0.0328. The zero-order valence-corrected chi connectivity index (χ0v) is 19.3. The van der Waals surface area contributed by atoms with E-state index in [4.69, 9.17) is 21.8 Å². The van der Waals surface area contributed by atoms with Crippen molar-refractivity contribution in [2.75, 3.05) is 26.2 Å². The van der Waals surface area contributed by atoms with Crippen LogP contribution >= 0.6 is 11.6 Å². The maximum atomic E-state index is 13.4. The molecule has 8 heteroatoms. The largest absolute Gasteiger partial charge is 0.465 e. The monoisotopic (exact) mass is 468 g/mol. The second-order valence-corrected chi connectivity index (χ2v) is 8.99. The fraction of sp³-hybridized carbons (Fsp3) is 0.400. The number of amides is 1. The molecule has 1 aromatic heterocycles. The summed E-state index contributed by atoms with van der Waals surface area (Å²) in [7, 11) is 0. The summed E-state index contributed by atoms with van der Waals surface area (Å²) in [6.45, 7) is 3.11. The van der Waals surface area contributed by atoms with Crippen molar-refractivity contribution in [3.63, 3.8) is 0 Å². The molecule has 0 aliphatic carbocycles. The van der Waals surface area contributed by atoms with Gasteiger partial charge in [0.05, 0.1) is 17.1 Å². The van der Waals surface area contributed by atoms with Crippen molar-refractivity contribution in [2.45, 2.75) is 38.1 Å². The van der Waals surface area contributed by atoms with Crippen LogP contribution in [0.15, 0.2) is 53.3 Å². The number of carbonyl (C=O) groups is 1. The predicted molar refractivity (Wildman–Crippen MR) is 130 cm³/mol. The van der Waals surface area contributed by atoms with Gasteiger partial charge in [-0.1, -0.05) is 41.9 Å². The minimum atomic E-state index is -0.984.